The number of carbonyl (C=O) groups is 3. The van der Waals surface area contributed by atoms with Crippen LogP contribution in [0.2, 0.25) is 10.0 Å². The Bertz CT molecular complexity index is 862. The standard InChI is InChI=1S/C21H23Cl2NO5S/c1-24(2)11-4-12-30-21(28-17(25)7-8-18(26)29-21)19(27)20(9-3-10-20)14-5-6-15(22)16(23)13-14/h5-8,13H,3-4,9-12H2,1-2H3. The molecule has 0 atom stereocenters. The lowest BCUT2D eigenvalue weighted by atomic mass is 9.61. The third-order valence-electron chi connectivity index (χ3n) is 5.26. The maximum absolute atomic E-state index is 13.9. The van der Waals surface area contributed by atoms with Crippen molar-refractivity contribution >= 4 is 52.7 Å². The summed E-state index contributed by atoms with van der Waals surface area (Å²) >= 11 is 13.3. The monoisotopic (exact) mass is 471 g/mol. The van der Waals surface area contributed by atoms with Gasteiger partial charge < -0.3 is 14.4 Å². The number of benzene rings is 1. The van der Waals surface area contributed by atoms with Crippen molar-refractivity contribution in [3.05, 3.63) is 46.0 Å². The second-order valence-electron chi connectivity index (χ2n) is 7.63. The predicted octanol–water partition coefficient (Wildman–Crippen LogP) is 3.98. The molecule has 0 radical (unpaired) electrons. The van der Waals surface area contributed by atoms with Gasteiger partial charge in [0.2, 0.25) is 5.78 Å². The van der Waals surface area contributed by atoms with Gasteiger partial charge in [-0.15, -0.1) is 0 Å². The number of Topliss-reactive ketones (excluding diaryl/α,β-unsaturated/α-hetero) is 1. The molecule has 1 heterocycles. The van der Waals surface area contributed by atoms with Crippen LogP contribution in [0.25, 0.3) is 0 Å². The van der Waals surface area contributed by atoms with Gasteiger partial charge >= 0.3 is 17.1 Å². The molecule has 0 unspecified atom stereocenters. The molecule has 162 valence electrons. The second kappa shape index (κ2) is 9.30. The van der Waals surface area contributed by atoms with Crippen LogP contribution in [0.15, 0.2) is 30.4 Å². The number of hydrogen-bond acceptors (Lipinski definition) is 7. The van der Waals surface area contributed by atoms with Gasteiger partial charge in [0.05, 0.1) is 15.5 Å². The van der Waals surface area contributed by atoms with Gasteiger partial charge in [-0.25, -0.2) is 9.59 Å². The SMILES string of the molecule is CN(C)CCCSC1(C(=O)C2(c3ccc(Cl)c(Cl)c3)CCC2)OC(=O)C=CC(=O)O1. The van der Waals surface area contributed by atoms with Gasteiger partial charge in [0, 0.05) is 17.9 Å². The van der Waals surface area contributed by atoms with Crippen LogP contribution in [0, 0.1) is 0 Å². The van der Waals surface area contributed by atoms with Crippen molar-refractivity contribution in [1.29, 1.82) is 0 Å². The lowest BCUT2D eigenvalue weighted by Crippen LogP contribution is -2.56. The first-order chi connectivity index (χ1) is 14.2. The molecule has 1 aromatic carbocycles. The molecule has 1 fully saturated rings. The number of nitrogens with zero attached hydrogens (tertiary/aromatic N) is 1. The van der Waals surface area contributed by atoms with Crippen LogP contribution in [0.4, 0.5) is 0 Å². The van der Waals surface area contributed by atoms with Crippen molar-refractivity contribution in [2.45, 2.75) is 36.2 Å². The van der Waals surface area contributed by atoms with Gasteiger partial charge in [-0.05, 0) is 57.6 Å². The number of esters is 2. The van der Waals surface area contributed by atoms with Crippen molar-refractivity contribution in [3.63, 3.8) is 0 Å². The van der Waals surface area contributed by atoms with Gasteiger partial charge in [0.15, 0.2) is 0 Å². The van der Waals surface area contributed by atoms with Crippen molar-refractivity contribution in [2.24, 2.45) is 0 Å². The fourth-order valence-electron chi connectivity index (χ4n) is 3.56. The molecule has 0 spiro atoms. The van der Waals surface area contributed by atoms with E-state index < -0.39 is 28.3 Å². The quantitative estimate of drug-likeness (QED) is 0.419. The maximum atomic E-state index is 13.9. The van der Waals surface area contributed by atoms with E-state index in [-0.39, 0.29) is 0 Å². The van der Waals surface area contributed by atoms with E-state index in [1.807, 2.05) is 19.0 Å². The Morgan fingerprint density at radius 1 is 1.10 bits per heavy atom. The fraction of sp³-hybridized carbons (Fsp3) is 0.476. The zero-order chi connectivity index (χ0) is 21.9. The number of halogens is 2. The smallest absolute Gasteiger partial charge is 0.369 e. The topological polar surface area (TPSA) is 72.9 Å². The first kappa shape index (κ1) is 23.1. The molecule has 2 aliphatic rings. The molecule has 3 rings (SSSR count). The minimum atomic E-state index is -2.05. The number of rotatable bonds is 8. The lowest BCUT2D eigenvalue weighted by Gasteiger charge is -2.45. The number of hydrogen-bond donors (Lipinski definition) is 0. The third-order valence-corrected chi connectivity index (χ3v) is 7.22. The summed E-state index contributed by atoms with van der Waals surface area (Å²) in [7, 11) is 3.88. The van der Waals surface area contributed by atoms with E-state index in [4.69, 9.17) is 32.7 Å². The molecule has 9 heteroatoms. The van der Waals surface area contributed by atoms with Crippen molar-refractivity contribution < 1.29 is 23.9 Å². The Morgan fingerprint density at radius 3 is 2.23 bits per heavy atom. The van der Waals surface area contributed by atoms with Gasteiger partial charge in [0.25, 0.3) is 0 Å². The van der Waals surface area contributed by atoms with E-state index in [1.54, 1.807) is 18.2 Å². The van der Waals surface area contributed by atoms with Crippen LogP contribution in [0.1, 0.15) is 31.2 Å². The molecule has 1 aliphatic carbocycles. The summed E-state index contributed by atoms with van der Waals surface area (Å²) in [6.45, 7) is 0.773. The highest BCUT2D eigenvalue weighted by Crippen LogP contribution is 2.51. The normalized spacial score (nSPS) is 19.6. The number of ketones is 1. The lowest BCUT2D eigenvalue weighted by molar-refractivity contribution is -0.197. The highest BCUT2D eigenvalue weighted by molar-refractivity contribution is 8.01. The molecule has 1 aliphatic heterocycles. The van der Waals surface area contributed by atoms with Crippen molar-refractivity contribution in [1.82, 2.24) is 4.90 Å². The van der Waals surface area contributed by atoms with Crippen LogP contribution < -0.4 is 0 Å². The molecular formula is C21H23Cl2NO5S. The Kier molecular flexibility index (Phi) is 7.17. The average Bonchev–Trinajstić information content (AvgIpc) is 2.79. The molecule has 1 aromatic rings. The maximum Gasteiger partial charge on any atom is 0.369 e. The number of carbonyl (C=O) groups excluding carboxylic acids is 3. The van der Waals surface area contributed by atoms with Crippen LogP contribution in [-0.4, -0.2) is 54.1 Å². The highest BCUT2D eigenvalue weighted by Gasteiger charge is 2.59. The Morgan fingerprint density at radius 2 is 1.73 bits per heavy atom. The molecule has 1 saturated carbocycles. The van der Waals surface area contributed by atoms with Gasteiger partial charge in [-0.2, -0.15) is 0 Å². The van der Waals surface area contributed by atoms with E-state index in [0.717, 1.165) is 43.3 Å². The molecule has 30 heavy (non-hydrogen) atoms. The molecule has 0 N–H and O–H groups in total. The number of thioether (sulfide) groups is 1. The van der Waals surface area contributed by atoms with Gasteiger partial charge in [-0.3, -0.25) is 4.79 Å². The summed E-state index contributed by atoms with van der Waals surface area (Å²) in [6, 6.07) is 5.04. The van der Waals surface area contributed by atoms with Crippen LogP contribution in [-0.2, 0) is 29.3 Å². The van der Waals surface area contributed by atoms with E-state index in [9.17, 15) is 14.4 Å². The third kappa shape index (κ3) is 4.69. The summed E-state index contributed by atoms with van der Waals surface area (Å²) in [4.78, 5) is 40.3. The molecule has 0 aromatic heterocycles. The zero-order valence-corrected chi connectivity index (χ0v) is 19.1. The molecule has 0 amide bonds. The number of ether oxygens (including phenoxy) is 2. The van der Waals surface area contributed by atoms with E-state index in [1.165, 1.54) is 0 Å². The second-order valence-corrected chi connectivity index (χ2v) is 9.68. The summed E-state index contributed by atoms with van der Waals surface area (Å²) in [5, 5.41) is -1.33. The van der Waals surface area contributed by atoms with Gasteiger partial charge in [-0.1, -0.05) is 47.5 Å². The predicted molar refractivity (Wildman–Crippen MR) is 117 cm³/mol. The summed E-state index contributed by atoms with van der Waals surface area (Å²) < 4.78 is 10.9. The molecule has 0 bridgehead atoms. The van der Waals surface area contributed by atoms with Crippen molar-refractivity contribution in [2.75, 3.05) is 26.4 Å². The minimum absolute atomic E-state index is 0.331. The van der Waals surface area contributed by atoms with Gasteiger partial charge in [0.1, 0.15) is 0 Å². The van der Waals surface area contributed by atoms with E-state index >= 15 is 0 Å². The van der Waals surface area contributed by atoms with Crippen LogP contribution in [0.3, 0.4) is 0 Å². The van der Waals surface area contributed by atoms with E-state index in [0.29, 0.717) is 34.2 Å². The minimum Gasteiger partial charge on any atom is -0.403 e. The number of cyclic esters (lactones) is 2. The highest BCUT2D eigenvalue weighted by atomic mass is 35.5. The summed E-state index contributed by atoms with van der Waals surface area (Å²) in [5.74, 6) is -1.59. The largest absolute Gasteiger partial charge is 0.403 e. The molecule has 0 saturated heterocycles. The zero-order valence-electron chi connectivity index (χ0n) is 16.8. The van der Waals surface area contributed by atoms with Crippen LogP contribution in [0.5, 0.6) is 0 Å². The first-order valence-corrected chi connectivity index (χ1v) is 11.4. The first-order valence-electron chi connectivity index (χ1n) is 9.62. The van der Waals surface area contributed by atoms with Crippen LogP contribution >= 0.6 is 35.0 Å². The Labute approximate surface area is 189 Å². The average molecular weight is 472 g/mol. The van der Waals surface area contributed by atoms with Crippen molar-refractivity contribution in [3.8, 4) is 0 Å². The Hall–Kier alpha value is -1.54. The Balaban J connectivity index is 1.96. The van der Waals surface area contributed by atoms with E-state index in [2.05, 4.69) is 0 Å². The summed E-state index contributed by atoms with van der Waals surface area (Å²) in [6.07, 6.45) is 4.55. The molecule has 6 nitrogen and oxygen atoms in total. The molecular weight excluding hydrogens is 449 g/mol. The summed E-state index contributed by atoms with van der Waals surface area (Å²) in [5.41, 5.74) is -0.293. The fourth-order valence-corrected chi connectivity index (χ4v) is 5.01.